The highest BCUT2D eigenvalue weighted by Gasteiger charge is 2.20. The number of rotatable bonds is 9. The highest BCUT2D eigenvalue weighted by molar-refractivity contribution is 7.89. The van der Waals surface area contributed by atoms with Gasteiger partial charge in [0.2, 0.25) is 10.0 Å². The maximum atomic E-state index is 12.3. The zero-order chi connectivity index (χ0) is 20.7. The van der Waals surface area contributed by atoms with Crippen LogP contribution < -0.4 is 19.5 Å². The molecule has 8 nitrogen and oxygen atoms in total. The Hall–Kier alpha value is -2.78. The monoisotopic (exact) mass is 408 g/mol. The Kier molecular flexibility index (Phi) is 7.24. The van der Waals surface area contributed by atoms with Crippen LogP contribution in [0.1, 0.15) is 6.92 Å². The molecule has 0 unspecified atom stereocenters. The zero-order valence-electron chi connectivity index (χ0n) is 16.3. The number of benzene rings is 2. The number of anilines is 1. The van der Waals surface area contributed by atoms with E-state index in [1.54, 1.807) is 24.3 Å². The minimum atomic E-state index is -3.64. The van der Waals surface area contributed by atoms with Crippen molar-refractivity contribution in [3.8, 4) is 17.2 Å². The molecule has 0 heterocycles. The second-order valence-electron chi connectivity index (χ2n) is 5.89. The van der Waals surface area contributed by atoms with Gasteiger partial charge in [0.05, 0.1) is 24.3 Å². The van der Waals surface area contributed by atoms with E-state index in [9.17, 15) is 13.2 Å². The first-order valence-corrected chi connectivity index (χ1v) is 9.98. The molecule has 0 aliphatic carbocycles. The van der Waals surface area contributed by atoms with Gasteiger partial charge in [0.15, 0.2) is 6.61 Å². The smallest absolute Gasteiger partial charge is 0.262 e. The first-order valence-electron chi connectivity index (χ1n) is 8.54. The van der Waals surface area contributed by atoms with Crippen LogP contribution in [-0.4, -0.2) is 53.0 Å². The number of sulfonamides is 1. The van der Waals surface area contributed by atoms with Crippen LogP contribution >= 0.6 is 0 Å². The largest absolute Gasteiger partial charge is 0.495 e. The number of methoxy groups -OCH3 is 1. The van der Waals surface area contributed by atoms with Crippen molar-refractivity contribution in [2.24, 2.45) is 0 Å². The molecule has 28 heavy (non-hydrogen) atoms. The fourth-order valence-corrected chi connectivity index (χ4v) is 3.22. The van der Waals surface area contributed by atoms with Crippen molar-refractivity contribution in [2.45, 2.75) is 11.8 Å². The Morgan fingerprint density at radius 2 is 1.64 bits per heavy atom. The summed E-state index contributed by atoms with van der Waals surface area (Å²) in [6, 6.07) is 11.1. The number of nitrogens with zero attached hydrogens (tertiary/aromatic N) is 1. The first-order chi connectivity index (χ1) is 13.3. The Morgan fingerprint density at radius 3 is 2.18 bits per heavy atom. The molecule has 0 aromatic heterocycles. The fourth-order valence-electron chi connectivity index (χ4n) is 2.29. The number of hydrogen-bond donors (Lipinski definition) is 1. The maximum Gasteiger partial charge on any atom is 0.262 e. The Labute approximate surface area is 165 Å². The Balaban J connectivity index is 2.08. The molecule has 1 amide bonds. The van der Waals surface area contributed by atoms with Gasteiger partial charge in [-0.3, -0.25) is 4.79 Å². The molecule has 2 aromatic carbocycles. The summed E-state index contributed by atoms with van der Waals surface area (Å²) < 4.78 is 41.7. The van der Waals surface area contributed by atoms with Crippen LogP contribution in [-0.2, 0) is 14.8 Å². The lowest BCUT2D eigenvalue weighted by molar-refractivity contribution is -0.118. The lowest BCUT2D eigenvalue weighted by atomic mass is 10.3. The van der Waals surface area contributed by atoms with E-state index in [0.717, 1.165) is 4.31 Å². The van der Waals surface area contributed by atoms with Gasteiger partial charge in [0.25, 0.3) is 5.91 Å². The summed E-state index contributed by atoms with van der Waals surface area (Å²) in [4.78, 5) is 12.3. The van der Waals surface area contributed by atoms with Crippen molar-refractivity contribution in [3.05, 3.63) is 42.5 Å². The van der Waals surface area contributed by atoms with Crippen LogP contribution in [0.3, 0.4) is 0 Å². The Bertz CT molecular complexity index is 911. The third-order valence-corrected chi connectivity index (χ3v) is 5.54. The third kappa shape index (κ3) is 5.37. The van der Waals surface area contributed by atoms with Crippen LogP contribution in [0.4, 0.5) is 5.69 Å². The van der Waals surface area contributed by atoms with Crippen molar-refractivity contribution < 1.29 is 27.4 Å². The maximum absolute atomic E-state index is 12.3. The lowest BCUT2D eigenvalue weighted by Crippen LogP contribution is -2.23. The van der Waals surface area contributed by atoms with Gasteiger partial charge in [0.1, 0.15) is 17.2 Å². The van der Waals surface area contributed by atoms with E-state index in [2.05, 4.69) is 5.32 Å². The van der Waals surface area contributed by atoms with E-state index >= 15 is 0 Å². The molecule has 152 valence electrons. The SMILES string of the molecule is CCOc1ccc(OCC(=O)Nc2cc(S(=O)(=O)N(C)C)ccc2OC)cc1. The fraction of sp³-hybridized carbons (Fsp3) is 0.316. The van der Waals surface area contributed by atoms with Gasteiger partial charge >= 0.3 is 0 Å². The van der Waals surface area contributed by atoms with Gasteiger partial charge < -0.3 is 19.5 Å². The molecule has 0 bridgehead atoms. The summed E-state index contributed by atoms with van der Waals surface area (Å²) in [5.41, 5.74) is 0.241. The summed E-state index contributed by atoms with van der Waals surface area (Å²) in [5.74, 6) is 1.11. The summed E-state index contributed by atoms with van der Waals surface area (Å²) in [5, 5.41) is 2.62. The third-order valence-electron chi connectivity index (χ3n) is 3.73. The average Bonchev–Trinajstić information content (AvgIpc) is 2.67. The number of carbonyl (C=O) groups excluding carboxylic acids is 1. The molecule has 0 atom stereocenters. The number of hydrogen-bond acceptors (Lipinski definition) is 6. The van der Waals surface area contributed by atoms with Crippen LogP contribution in [0, 0.1) is 0 Å². The second-order valence-corrected chi connectivity index (χ2v) is 8.04. The van der Waals surface area contributed by atoms with E-state index in [1.165, 1.54) is 39.4 Å². The quantitative estimate of drug-likeness (QED) is 0.685. The summed E-state index contributed by atoms with van der Waals surface area (Å²) in [7, 11) is 0.657. The Morgan fingerprint density at radius 1 is 1.04 bits per heavy atom. The first kappa shape index (κ1) is 21.5. The molecule has 0 fully saturated rings. The van der Waals surface area contributed by atoms with Crippen LogP contribution in [0.15, 0.2) is 47.4 Å². The van der Waals surface area contributed by atoms with Crippen molar-refractivity contribution in [2.75, 3.05) is 39.7 Å². The second kappa shape index (κ2) is 9.43. The molecule has 1 N–H and O–H groups in total. The standard InChI is InChI=1S/C19H24N2O6S/c1-5-26-14-6-8-15(9-7-14)27-13-19(22)20-17-12-16(10-11-18(17)25-4)28(23,24)21(2)3/h6-12H,5,13H2,1-4H3,(H,20,22). The number of carbonyl (C=O) groups is 1. The molecule has 0 radical (unpaired) electrons. The van der Waals surface area contributed by atoms with Crippen molar-refractivity contribution in [1.82, 2.24) is 4.31 Å². The van der Waals surface area contributed by atoms with Gasteiger partial charge in [-0.05, 0) is 49.4 Å². The average molecular weight is 408 g/mol. The van der Waals surface area contributed by atoms with E-state index in [1.807, 2.05) is 6.92 Å². The topological polar surface area (TPSA) is 94.2 Å². The van der Waals surface area contributed by atoms with Crippen molar-refractivity contribution >= 4 is 21.6 Å². The molecule has 2 rings (SSSR count). The zero-order valence-corrected chi connectivity index (χ0v) is 17.1. The molecular formula is C19H24N2O6S. The predicted octanol–water partition coefficient (Wildman–Crippen LogP) is 2.36. The molecule has 0 aliphatic rings. The molecule has 0 saturated carbocycles. The minimum Gasteiger partial charge on any atom is -0.495 e. The van der Waals surface area contributed by atoms with Crippen molar-refractivity contribution in [3.63, 3.8) is 0 Å². The summed E-state index contributed by atoms with van der Waals surface area (Å²) in [6.45, 7) is 2.20. The molecule has 0 spiro atoms. The molecule has 9 heteroatoms. The lowest BCUT2D eigenvalue weighted by Gasteiger charge is -2.15. The van der Waals surface area contributed by atoms with Crippen LogP contribution in [0.2, 0.25) is 0 Å². The molecule has 0 aliphatic heterocycles. The van der Waals surface area contributed by atoms with Gasteiger partial charge in [-0.15, -0.1) is 0 Å². The van der Waals surface area contributed by atoms with Crippen LogP contribution in [0.25, 0.3) is 0 Å². The van der Waals surface area contributed by atoms with Gasteiger partial charge in [-0.1, -0.05) is 0 Å². The molecule has 2 aromatic rings. The highest BCUT2D eigenvalue weighted by atomic mass is 32.2. The summed E-state index contributed by atoms with van der Waals surface area (Å²) >= 11 is 0. The number of amides is 1. The van der Waals surface area contributed by atoms with E-state index < -0.39 is 15.9 Å². The number of nitrogens with one attached hydrogen (secondary N) is 1. The normalized spacial score (nSPS) is 11.2. The van der Waals surface area contributed by atoms with Gasteiger partial charge in [-0.25, -0.2) is 12.7 Å². The molecule has 0 saturated heterocycles. The molecular weight excluding hydrogens is 384 g/mol. The predicted molar refractivity (Wildman–Crippen MR) is 106 cm³/mol. The summed E-state index contributed by atoms with van der Waals surface area (Å²) in [6.07, 6.45) is 0. The van der Waals surface area contributed by atoms with Gasteiger partial charge in [-0.2, -0.15) is 0 Å². The minimum absolute atomic E-state index is 0.0426. The van der Waals surface area contributed by atoms with Gasteiger partial charge in [0, 0.05) is 14.1 Å². The van der Waals surface area contributed by atoms with E-state index in [-0.39, 0.29) is 17.2 Å². The van der Waals surface area contributed by atoms with Crippen LogP contribution in [0.5, 0.6) is 17.2 Å². The van der Waals surface area contributed by atoms with E-state index in [4.69, 9.17) is 14.2 Å². The van der Waals surface area contributed by atoms with E-state index in [0.29, 0.717) is 23.9 Å². The van der Waals surface area contributed by atoms with Crippen molar-refractivity contribution in [1.29, 1.82) is 0 Å². The highest BCUT2D eigenvalue weighted by Crippen LogP contribution is 2.28. The number of ether oxygens (including phenoxy) is 3.